The van der Waals surface area contributed by atoms with Gasteiger partial charge in [0.2, 0.25) is 0 Å². The summed E-state index contributed by atoms with van der Waals surface area (Å²) < 4.78 is 2.08. The summed E-state index contributed by atoms with van der Waals surface area (Å²) in [4.78, 5) is 19.9. The number of hydrogen-bond donors (Lipinski definition) is 1. The molecule has 0 bridgehead atoms. The van der Waals surface area contributed by atoms with E-state index in [1.54, 1.807) is 11.3 Å². The van der Waals surface area contributed by atoms with Crippen LogP contribution in [0.15, 0.2) is 46.6 Å². The molecule has 7 nitrogen and oxygen atoms in total. The van der Waals surface area contributed by atoms with E-state index in [1.165, 1.54) is 29.7 Å². The summed E-state index contributed by atoms with van der Waals surface area (Å²) in [6.45, 7) is 5.62. The molecule has 1 aromatic carbocycles. The van der Waals surface area contributed by atoms with Crippen LogP contribution in [-0.4, -0.2) is 30.1 Å². The highest BCUT2D eigenvalue weighted by atomic mass is 32.1. The van der Waals surface area contributed by atoms with Crippen LogP contribution >= 0.6 is 11.3 Å². The van der Waals surface area contributed by atoms with Gasteiger partial charge in [-0.3, -0.25) is 9.69 Å². The summed E-state index contributed by atoms with van der Waals surface area (Å²) in [6.07, 6.45) is 7.84. The second kappa shape index (κ2) is 10.8. The molecule has 0 saturated heterocycles. The van der Waals surface area contributed by atoms with E-state index in [0.29, 0.717) is 12.6 Å². The first-order valence-corrected chi connectivity index (χ1v) is 13.7. The maximum atomic E-state index is 13.1. The quantitative estimate of drug-likeness (QED) is 0.321. The molecule has 1 aliphatic rings. The number of aromatic nitrogens is 5. The summed E-state index contributed by atoms with van der Waals surface area (Å²) in [6, 6.07) is 13.0. The average Bonchev–Trinajstić information content (AvgIpc) is 3.58. The Balaban J connectivity index is 1.51. The lowest BCUT2D eigenvalue weighted by atomic mass is 9.95. The van der Waals surface area contributed by atoms with E-state index in [1.807, 2.05) is 6.07 Å². The summed E-state index contributed by atoms with van der Waals surface area (Å²) in [7, 11) is 0. The van der Waals surface area contributed by atoms with Crippen molar-refractivity contribution in [2.45, 2.75) is 84.0 Å². The largest absolute Gasteiger partial charge is 0.322 e. The molecule has 3 heterocycles. The fraction of sp³-hybridized carbons (Fsp3) is 0.481. The number of hydrogen-bond acceptors (Lipinski definition) is 6. The number of tetrazole rings is 1. The highest BCUT2D eigenvalue weighted by molar-refractivity contribution is 7.09. The normalized spacial score (nSPS) is 15.7. The van der Waals surface area contributed by atoms with E-state index in [9.17, 15) is 4.79 Å². The Hall–Kier alpha value is -2.84. The number of aryl methyl sites for hydroxylation is 1. The molecule has 0 spiro atoms. The van der Waals surface area contributed by atoms with Crippen LogP contribution in [0.3, 0.4) is 0 Å². The molecule has 0 amide bonds. The zero-order valence-corrected chi connectivity index (χ0v) is 21.4. The minimum atomic E-state index is -0.0281. The van der Waals surface area contributed by atoms with Crippen molar-refractivity contribution in [3.63, 3.8) is 0 Å². The molecule has 0 unspecified atom stereocenters. The number of benzene rings is 1. The second-order valence-electron chi connectivity index (χ2n) is 9.58. The zero-order chi connectivity index (χ0) is 24.2. The van der Waals surface area contributed by atoms with Crippen molar-refractivity contribution in [1.29, 1.82) is 0 Å². The smallest absolute Gasteiger partial charge is 0.252 e. The van der Waals surface area contributed by atoms with E-state index < -0.39 is 0 Å². The Kier molecular flexibility index (Phi) is 7.39. The monoisotopic (exact) mass is 490 g/mol. The molecule has 4 aromatic rings. The average molecular weight is 491 g/mol. The Morgan fingerprint density at radius 3 is 2.74 bits per heavy atom. The molecular weight excluding hydrogens is 456 g/mol. The van der Waals surface area contributed by atoms with Crippen molar-refractivity contribution in [2.24, 2.45) is 0 Å². The Labute approximate surface area is 210 Å². The van der Waals surface area contributed by atoms with Gasteiger partial charge < -0.3 is 4.98 Å². The van der Waals surface area contributed by atoms with Crippen molar-refractivity contribution in [1.82, 2.24) is 30.1 Å². The molecule has 1 fully saturated rings. The van der Waals surface area contributed by atoms with Gasteiger partial charge in [0, 0.05) is 29.0 Å². The summed E-state index contributed by atoms with van der Waals surface area (Å²) in [5, 5.41) is 16.3. The van der Waals surface area contributed by atoms with Crippen LogP contribution in [0, 0.1) is 0 Å². The van der Waals surface area contributed by atoms with Crippen LogP contribution < -0.4 is 5.56 Å². The van der Waals surface area contributed by atoms with Gasteiger partial charge in [-0.2, -0.15) is 0 Å². The van der Waals surface area contributed by atoms with Crippen molar-refractivity contribution in [3.8, 4) is 0 Å². The highest BCUT2D eigenvalue weighted by Crippen LogP contribution is 2.33. The fourth-order valence-electron chi connectivity index (χ4n) is 5.35. The molecular formula is C27H34N6OS. The first kappa shape index (κ1) is 23.9. The van der Waals surface area contributed by atoms with Crippen LogP contribution in [0.5, 0.6) is 0 Å². The van der Waals surface area contributed by atoms with Gasteiger partial charge in [-0.25, -0.2) is 4.68 Å². The van der Waals surface area contributed by atoms with Gasteiger partial charge >= 0.3 is 0 Å². The summed E-state index contributed by atoms with van der Waals surface area (Å²) in [5.74, 6) is 0.918. The fourth-order valence-corrected chi connectivity index (χ4v) is 6.08. The van der Waals surface area contributed by atoms with E-state index >= 15 is 0 Å². The lowest BCUT2D eigenvalue weighted by Gasteiger charge is -2.31. The standard InChI is InChI=1S/C27H34N6OS/c1-3-19-12-13-24-20(15-19)16-21(27(34)28-24)17-32(18-23-11-8-14-35-23)25(4-2)26-29-30-31-33(26)22-9-6-5-7-10-22/h8,11-16,22,25H,3-7,9-10,17-18H2,1-2H3,(H,28,34)/t25-/m1/s1. The van der Waals surface area contributed by atoms with Crippen molar-refractivity contribution < 1.29 is 0 Å². The maximum Gasteiger partial charge on any atom is 0.252 e. The van der Waals surface area contributed by atoms with Crippen molar-refractivity contribution >= 4 is 22.2 Å². The topological polar surface area (TPSA) is 79.7 Å². The molecule has 0 radical (unpaired) electrons. The highest BCUT2D eigenvalue weighted by Gasteiger charge is 2.29. The molecule has 8 heteroatoms. The molecule has 0 aliphatic heterocycles. The lowest BCUT2D eigenvalue weighted by Crippen LogP contribution is -2.33. The molecule has 3 aromatic heterocycles. The van der Waals surface area contributed by atoms with Crippen molar-refractivity contribution in [2.75, 3.05) is 0 Å². The number of pyridine rings is 1. The molecule has 1 saturated carbocycles. The molecule has 1 N–H and O–H groups in total. The third kappa shape index (κ3) is 5.23. The van der Waals surface area contributed by atoms with Crippen LogP contribution in [0.2, 0.25) is 0 Å². The minimum Gasteiger partial charge on any atom is -0.322 e. The predicted molar refractivity (Wildman–Crippen MR) is 140 cm³/mol. The summed E-state index contributed by atoms with van der Waals surface area (Å²) in [5.41, 5.74) is 2.90. The van der Waals surface area contributed by atoms with Gasteiger partial charge in [0.1, 0.15) is 0 Å². The van der Waals surface area contributed by atoms with Crippen LogP contribution in [-0.2, 0) is 19.5 Å². The number of rotatable bonds is 9. The maximum absolute atomic E-state index is 13.1. The minimum absolute atomic E-state index is 0.0195. The first-order chi connectivity index (χ1) is 17.2. The molecule has 5 rings (SSSR count). The Bertz CT molecular complexity index is 1300. The zero-order valence-electron chi connectivity index (χ0n) is 20.6. The summed E-state index contributed by atoms with van der Waals surface area (Å²) >= 11 is 1.74. The van der Waals surface area contributed by atoms with E-state index in [-0.39, 0.29) is 11.6 Å². The van der Waals surface area contributed by atoms with Gasteiger partial charge in [-0.1, -0.05) is 45.2 Å². The third-order valence-electron chi connectivity index (χ3n) is 7.27. The number of H-pyrrole nitrogens is 1. The number of thiophene rings is 1. The van der Waals surface area contributed by atoms with Crippen LogP contribution in [0.1, 0.15) is 86.3 Å². The van der Waals surface area contributed by atoms with Crippen LogP contribution in [0.25, 0.3) is 10.9 Å². The van der Waals surface area contributed by atoms with Crippen molar-refractivity contribution in [3.05, 3.63) is 74.0 Å². The number of fused-ring (bicyclic) bond motifs is 1. The first-order valence-electron chi connectivity index (χ1n) is 12.8. The van der Waals surface area contributed by atoms with Gasteiger partial charge in [0.05, 0.1) is 12.1 Å². The van der Waals surface area contributed by atoms with E-state index in [2.05, 4.69) is 79.7 Å². The number of nitrogens with one attached hydrogen (secondary N) is 1. The Morgan fingerprint density at radius 2 is 2.00 bits per heavy atom. The van der Waals surface area contributed by atoms with Gasteiger partial charge in [-0.05, 0) is 76.7 Å². The SMILES string of the molecule is CCc1ccc2[nH]c(=O)c(CN(Cc3cccs3)[C@H](CC)c3nnnn3C3CCCCC3)cc2c1. The molecule has 35 heavy (non-hydrogen) atoms. The number of nitrogens with zero attached hydrogens (tertiary/aromatic N) is 5. The van der Waals surface area contributed by atoms with E-state index in [0.717, 1.165) is 54.5 Å². The second-order valence-corrected chi connectivity index (χ2v) is 10.6. The van der Waals surface area contributed by atoms with Gasteiger partial charge in [0.15, 0.2) is 5.82 Å². The third-order valence-corrected chi connectivity index (χ3v) is 8.13. The molecule has 184 valence electrons. The van der Waals surface area contributed by atoms with Gasteiger partial charge in [-0.15, -0.1) is 16.4 Å². The van der Waals surface area contributed by atoms with E-state index in [4.69, 9.17) is 0 Å². The predicted octanol–water partition coefficient (Wildman–Crippen LogP) is 5.80. The molecule has 1 atom stereocenters. The van der Waals surface area contributed by atoms with Gasteiger partial charge in [0.25, 0.3) is 5.56 Å². The molecule has 1 aliphatic carbocycles. The Morgan fingerprint density at radius 1 is 1.14 bits per heavy atom. The lowest BCUT2D eigenvalue weighted by molar-refractivity contribution is 0.157. The number of aromatic amines is 1. The van der Waals surface area contributed by atoms with Crippen LogP contribution in [0.4, 0.5) is 0 Å².